The van der Waals surface area contributed by atoms with Gasteiger partial charge in [0.15, 0.2) is 0 Å². The van der Waals surface area contributed by atoms with Gasteiger partial charge in [-0.1, -0.05) is 24.3 Å². The standard InChI is InChI=1S/C16H13FN2O/c1-20-12-5-2-4-11(10-12)13-6-3-7-14(17)15(13)16-18-8-9-19-16/h2-10H,1H3,(H,18,19). The van der Waals surface area contributed by atoms with E-state index in [1.165, 1.54) is 6.07 Å². The van der Waals surface area contributed by atoms with Crippen molar-refractivity contribution >= 4 is 0 Å². The number of H-pyrrole nitrogens is 1. The summed E-state index contributed by atoms with van der Waals surface area (Å²) in [5, 5.41) is 0. The van der Waals surface area contributed by atoms with Crippen molar-refractivity contribution in [2.24, 2.45) is 0 Å². The Morgan fingerprint density at radius 1 is 1.15 bits per heavy atom. The van der Waals surface area contributed by atoms with Gasteiger partial charge in [0, 0.05) is 12.4 Å². The van der Waals surface area contributed by atoms with E-state index >= 15 is 0 Å². The zero-order valence-electron chi connectivity index (χ0n) is 10.9. The van der Waals surface area contributed by atoms with Crippen LogP contribution in [0.1, 0.15) is 0 Å². The Labute approximate surface area is 116 Å². The van der Waals surface area contributed by atoms with Gasteiger partial charge in [0.25, 0.3) is 0 Å². The monoisotopic (exact) mass is 268 g/mol. The van der Waals surface area contributed by atoms with Crippen molar-refractivity contribution < 1.29 is 9.13 Å². The molecule has 0 radical (unpaired) electrons. The molecule has 0 fully saturated rings. The van der Waals surface area contributed by atoms with E-state index in [9.17, 15) is 4.39 Å². The maximum absolute atomic E-state index is 14.2. The first-order valence-corrected chi connectivity index (χ1v) is 6.22. The molecule has 4 heteroatoms. The molecule has 20 heavy (non-hydrogen) atoms. The molecule has 2 aromatic carbocycles. The highest BCUT2D eigenvalue weighted by molar-refractivity contribution is 5.81. The Bertz CT molecular complexity index is 723. The maximum Gasteiger partial charge on any atom is 0.140 e. The topological polar surface area (TPSA) is 37.9 Å². The third kappa shape index (κ3) is 2.16. The minimum absolute atomic E-state index is 0.305. The number of methoxy groups -OCH3 is 1. The summed E-state index contributed by atoms with van der Waals surface area (Å²) in [5.41, 5.74) is 2.12. The molecule has 1 aromatic heterocycles. The SMILES string of the molecule is COc1cccc(-c2cccc(F)c2-c2ncc[nH]2)c1. The Morgan fingerprint density at radius 2 is 2.00 bits per heavy atom. The maximum atomic E-state index is 14.2. The van der Waals surface area contributed by atoms with Crippen LogP contribution in [0.2, 0.25) is 0 Å². The van der Waals surface area contributed by atoms with E-state index in [0.29, 0.717) is 11.4 Å². The van der Waals surface area contributed by atoms with Crippen LogP contribution in [-0.4, -0.2) is 17.1 Å². The van der Waals surface area contributed by atoms with Gasteiger partial charge in [-0.05, 0) is 29.3 Å². The summed E-state index contributed by atoms with van der Waals surface area (Å²) in [5.74, 6) is 0.943. The molecule has 0 aliphatic heterocycles. The van der Waals surface area contributed by atoms with Crippen LogP contribution in [0.15, 0.2) is 54.9 Å². The summed E-state index contributed by atoms with van der Waals surface area (Å²) in [7, 11) is 1.61. The lowest BCUT2D eigenvalue weighted by atomic mass is 9.98. The fraction of sp³-hybridized carbons (Fsp3) is 0.0625. The average Bonchev–Trinajstić information content (AvgIpc) is 3.01. The predicted octanol–water partition coefficient (Wildman–Crippen LogP) is 3.89. The normalized spacial score (nSPS) is 10.5. The minimum atomic E-state index is -0.305. The van der Waals surface area contributed by atoms with Gasteiger partial charge >= 0.3 is 0 Å². The predicted molar refractivity (Wildman–Crippen MR) is 76.0 cm³/mol. The van der Waals surface area contributed by atoms with Gasteiger partial charge in [0.1, 0.15) is 17.4 Å². The van der Waals surface area contributed by atoms with Crippen LogP contribution >= 0.6 is 0 Å². The molecule has 1 N–H and O–H groups in total. The van der Waals surface area contributed by atoms with E-state index in [-0.39, 0.29) is 5.82 Å². The molecule has 0 amide bonds. The number of hydrogen-bond acceptors (Lipinski definition) is 2. The summed E-state index contributed by atoms with van der Waals surface area (Å²) in [6.07, 6.45) is 3.29. The summed E-state index contributed by atoms with van der Waals surface area (Å²) in [6, 6.07) is 12.5. The van der Waals surface area contributed by atoms with Gasteiger partial charge in [-0.25, -0.2) is 9.37 Å². The lowest BCUT2D eigenvalue weighted by Gasteiger charge is -2.10. The lowest BCUT2D eigenvalue weighted by Crippen LogP contribution is -1.92. The number of aromatic amines is 1. The van der Waals surface area contributed by atoms with Crippen molar-refractivity contribution in [3.63, 3.8) is 0 Å². The summed E-state index contributed by atoms with van der Waals surface area (Å²) in [4.78, 5) is 7.10. The zero-order valence-corrected chi connectivity index (χ0v) is 10.9. The van der Waals surface area contributed by atoms with Gasteiger partial charge in [0.2, 0.25) is 0 Å². The van der Waals surface area contributed by atoms with Crippen LogP contribution in [0.4, 0.5) is 4.39 Å². The molecule has 3 rings (SSSR count). The number of benzene rings is 2. The van der Waals surface area contributed by atoms with Crippen molar-refractivity contribution in [2.45, 2.75) is 0 Å². The first-order valence-electron chi connectivity index (χ1n) is 6.22. The van der Waals surface area contributed by atoms with Crippen LogP contribution in [0, 0.1) is 5.82 Å². The third-order valence-corrected chi connectivity index (χ3v) is 3.13. The van der Waals surface area contributed by atoms with Crippen LogP contribution < -0.4 is 4.74 Å². The minimum Gasteiger partial charge on any atom is -0.497 e. The van der Waals surface area contributed by atoms with Gasteiger partial charge in [0.05, 0.1) is 12.7 Å². The number of halogens is 1. The summed E-state index contributed by atoms with van der Waals surface area (Å²) < 4.78 is 19.4. The third-order valence-electron chi connectivity index (χ3n) is 3.13. The highest BCUT2D eigenvalue weighted by atomic mass is 19.1. The highest BCUT2D eigenvalue weighted by Gasteiger charge is 2.14. The van der Waals surface area contributed by atoms with E-state index in [4.69, 9.17) is 4.74 Å². The Hall–Kier alpha value is -2.62. The molecule has 0 unspecified atom stereocenters. The van der Waals surface area contributed by atoms with Crippen molar-refractivity contribution in [3.8, 4) is 28.3 Å². The Morgan fingerprint density at radius 3 is 2.75 bits per heavy atom. The fourth-order valence-electron chi connectivity index (χ4n) is 2.20. The van der Waals surface area contributed by atoms with Gasteiger partial charge in [-0.2, -0.15) is 0 Å². The lowest BCUT2D eigenvalue weighted by molar-refractivity contribution is 0.415. The molecule has 0 bridgehead atoms. The number of hydrogen-bond donors (Lipinski definition) is 1. The van der Waals surface area contributed by atoms with Gasteiger partial charge in [-0.15, -0.1) is 0 Å². The molecule has 100 valence electrons. The molecule has 1 heterocycles. The van der Waals surface area contributed by atoms with Crippen molar-refractivity contribution in [1.29, 1.82) is 0 Å². The van der Waals surface area contributed by atoms with Crippen molar-refractivity contribution in [2.75, 3.05) is 7.11 Å². The number of rotatable bonds is 3. The molecule has 0 aliphatic rings. The molecular weight excluding hydrogens is 255 g/mol. The van der Waals surface area contributed by atoms with Gasteiger partial charge in [-0.3, -0.25) is 0 Å². The molecule has 0 saturated carbocycles. The van der Waals surface area contributed by atoms with Crippen molar-refractivity contribution in [3.05, 3.63) is 60.7 Å². The number of imidazole rings is 1. The molecular formula is C16H13FN2O. The molecule has 0 aliphatic carbocycles. The van der Waals surface area contributed by atoms with E-state index < -0.39 is 0 Å². The Balaban J connectivity index is 2.21. The highest BCUT2D eigenvalue weighted by Crippen LogP contribution is 2.33. The smallest absolute Gasteiger partial charge is 0.140 e. The number of ether oxygens (including phenoxy) is 1. The second-order valence-electron chi connectivity index (χ2n) is 4.33. The van der Waals surface area contributed by atoms with Crippen LogP contribution in [-0.2, 0) is 0 Å². The zero-order chi connectivity index (χ0) is 13.9. The van der Waals surface area contributed by atoms with E-state index in [1.54, 1.807) is 25.6 Å². The average molecular weight is 268 g/mol. The van der Waals surface area contributed by atoms with E-state index in [2.05, 4.69) is 9.97 Å². The quantitative estimate of drug-likeness (QED) is 0.782. The van der Waals surface area contributed by atoms with Crippen LogP contribution in [0.5, 0.6) is 5.75 Å². The number of nitrogens with one attached hydrogen (secondary N) is 1. The van der Waals surface area contributed by atoms with Crippen molar-refractivity contribution in [1.82, 2.24) is 9.97 Å². The molecule has 0 saturated heterocycles. The molecule has 0 spiro atoms. The van der Waals surface area contributed by atoms with E-state index in [1.807, 2.05) is 30.3 Å². The second-order valence-corrected chi connectivity index (χ2v) is 4.33. The molecule has 3 nitrogen and oxygen atoms in total. The first-order chi connectivity index (χ1) is 9.79. The fourth-order valence-corrected chi connectivity index (χ4v) is 2.20. The van der Waals surface area contributed by atoms with Crippen LogP contribution in [0.25, 0.3) is 22.5 Å². The summed E-state index contributed by atoms with van der Waals surface area (Å²) >= 11 is 0. The second kappa shape index (κ2) is 5.17. The number of aromatic nitrogens is 2. The van der Waals surface area contributed by atoms with Gasteiger partial charge < -0.3 is 9.72 Å². The van der Waals surface area contributed by atoms with E-state index in [0.717, 1.165) is 16.9 Å². The molecule has 0 atom stereocenters. The first kappa shape index (κ1) is 12.4. The largest absolute Gasteiger partial charge is 0.497 e. The van der Waals surface area contributed by atoms with Crippen LogP contribution in [0.3, 0.4) is 0 Å². The summed E-state index contributed by atoms with van der Waals surface area (Å²) in [6.45, 7) is 0. The number of nitrogens with zero attached hydrogens (tertiary/aromatic N) is 1. The molecule has 3 aromatic rings. The Kier molecular flexibility index (Phi) is 3.21.